The average Bonchev–Trinajstić information content (AvgIpc) is 3.33. The molecule has 2 heterocycles. The smallest absolute Gasteiger partial charge is 0.322 e. The Morgan fingerprint density at radius 2 is 2.15 bits per heavy atom. The Bertz CT molecular complexity index is 757. The van der Waals surface area contributed by atoms with E-state index < -0.39 is 0 Å². The van der Waals surface area contributed by atoms with E-state index in [0.29, 0.717) is 13.1 Å². The molecule has 0 saturated carbocycles. The molecule has 26 heavy (non-hydrogen) atoms. The minimum Gasteiger partial charge on any atom is -0.376 e. The van der Waals surface area contributed by atoms with Gasteiger partial charge >= 0.3 is 6.03 Å². The highest BCUT2D eigenvalue weighted by atomic mass is 16.5. The van der Waals surface area contributed by atoms with Crippen LogP contribution in [0.4, 0.5) is 10.5 Å². The summed E-state index contributed by atoms with van der Waals surface area (Å²) in [5, 5.41) is 3.08. The van der Waals surface area contributed by atoms with Gasteiger partial charge in [0.25, 0.3) is 0 Å². The van der Waals surface area contributed by atoms with Crippen molar-refractivity contribution in [1.29, 1.82) is 0 Å². The molecule has 0 bridgehead atoms. The van der Waals surface area contributed by atoms with Gasteiger partial charge in [-0.2, -0.15) is 0 Å². The lowest BCUT2D eigenvalue weighted by Crippen LogP contribution is -2.39. The third-order valence-corrected chi connectivity index (χ3v) is 5.18. The van der Waals surface area contributed by atoms with Gasteiger partial charge in [0, 0.05) is 37.8 Å². The van der Waals surface area contributed by atoms with Crippen molar-refractivity contribution >= 4 is 11.7 Å². The zero-order valence-corrected chi connectivity index (χ0v) is 15.0. The molecule has 0 radical (unpaired) electrons. The molecule has 1 atom stereocenters. The standard InChI is InChI=1S/C21H25N3O2/c25-21(23-19-9-8-17-5-1-6-18(17)12-19)24(15-20-7-3-11-26-20)14-16-4-2-10-22-13-16/h2,4,8-10,12-13,20H,1,3,5-7,11,14-15H2,(H,23,25). The molecule has 1 fully saturated rings. The van der Waals surface area contributed by atoms with Crippen molar-refractivity contribution in [2.45, 2.75) is 44.8 Å². The van der Waals surface area contributed by atoms with E-state index in [1.54, 1.807) is 6.20 Å². The van der Waals surface area contributed by atoms with E-state index in [4.69, 9.17) is 4.74 Å². The maximum absolute atomic E-state index is 12.9. The number of benzene rings is 1. The lowest BCUT2D eigenvalue weighted by atomic mass is 10.1. The number of hydrogen-bond donors (Lipinski definition) is 1. The molecule has 1 aromatic heterocycles. The van der Waals surface area contributed by atoms with E-state index >= 15 is 0 Å². The molecule has 1 saturated heterocycles. The molecule has 5 nitrogen and oxygen atoms in total. The molecular formula is C21H25N3O2. The Balaban J connectivity index is 1.47. The maximum atomic E-state index is 12.9. The van der Waals surface area contributed by atoms with Crippen LogP contribution in [0.1, 0.15) is 36.0 Å². The number of ether oxygens (including phenoxy) is 1. The van der Waals surface area contributed by atoms with Crippen molar-refractivity contribution in [1.82, 2.24) is 9.88 Å². The number of aromatic nitrogens is 1. The Hall–Kier alpha value is -2.40. The van der Waals surface area contributed by atoms with Crippen molar-refractivity contribution < 1.29 is 9.53 Å². The van der Waals surface area contributed by atoms with Gasteiger partial charge in [-0.25, -0.2) is 4.79 Å². The molecular weight excluding hydrogens is 326 g/mol. The molecule has 5 heteroatoms. The summed E-state index contributed by atoms with van der Waals surface area (Å²) >= 11 is 0. The summed E-state index contributed by atoms with van der Waals surface area (Å²) in [5.41, 5.74) is 4.67. The summed E-state index contributed by atoms with van der Waals surface area (Å²) in [6, 6.07) is 10.1. The molecule has 2 aliphatic rings. The lowest BCUT2D eigenvalue weighted by molar-refractivity contribution is 0.0819. The summed E-state index contributed by atoms with van der Waals surface area (Å²) in [7, 11) is 0. The van der Waals surface area contributed by atoms with E-state index in [-0.39, 0.29) is 12.1 Å². The molecule has 1 aliphatic carbocycles. The highest BCUT2D eigenvalue weighted by Crippen LogP contribution is 2.25. The van der Waals surface area contributed by atoms with Crippen LogP contribution in [-0.2, 0) is 24.1 Å². The number of hydrogen-bond acceptors (Lipinski definition) is 3. The number of rotatable bonds is 5. The topological polar surface area (TPSA) is 54.5 Å². The first kappa shape index (κ1) is 17.0. The monoisotopic (exact) mass is 351 g/mol. The number of fused-ring (bicyclic) bond motifs is 1. The second kappa shape index (κ2) is 7.87. The van der Waals surface area contributed by atoms with Crippen LogP contribution < -0.4 is 5.32 Å². The molecule has 2 amide bonds. The molecule has 4 rings (SSSR count). The third kappa shape index (κ3) is 4.05. The van der Waals surface area contributed by atoms with Crippen molar-refractivity contribution in [3.8, 4) is 0 Å². The number of pyridine rings is 1. The Kier molecular flexibility index (Phi) is 5.16. The summed E-state index contributed by atoms with van der Waals surface area (Å²) in [6.45, 7) is 1.92. The van der Waals surface area contributed by atoms with Crippen LogP contribution >= 0.6 is 0 Å². The maximum Gasteiger partial charge on any atom is 0.322 e. The second-order valence-corrected chi connectivity index (χ2v) is 7.14. The van der Waals surface area contributed by atoms with Gasteiger partial charge in [-0.3, -0.25) is 4.98 Å². The zero-order chi connectivity index (χ0) is 17.8. The van der Waals surface area contributed by atoms with Gasteiger partial charge in [-0.1, -0.05) is 12.1 Å². The predicted molar refractivity (Wildman–Crippen MR) is 101 cm³/mol. The van der Waals surface area contributed by atoms with E-state index in [2.05, 4.69) is 22.4 Å². The fourth-order valence-corrected chi connectivity index (χ4v) is 3.82. The quantitative estimate of drug-likeness (QED) is 0.892. The SMILES string of the molecule is O=C(Nc1ccc2c(c1)CCC2)N(Cc1cccnc1)CC1CCCO1. The Labute approximate surface area is 154 Å². The summed E-state index contributed by atoms with van der Waals surface area (Å²) < 4.78 is 5.74. The molecule has 1 N–H and O–H groups in total. The predicted octanol–water partition coefficient (Wildman–Crippen LogP) is 3.78. The van der Waals surface area contributed by atoms with Crippen molar-refractivity contribution in [3.63, 3.8) is 0 Å². The van der Waals surface area contributed by atoms with Crippen molar-refractivity contribution in [3.05, 3.63) is 59.4 Å². The van der Waals surface area contributed by atoms with E-state index in [1.165, 1.54) is 17.5 Å². The number of aryl methyl sites for hydroxylation is 2. The minimum absolute atomic E-state index is 0.0812. The van der Waals surface area contributed by atoms with Crippen LogP contribution in [0.25, 0.3) is 0 Å². The second-order valence-electron chi connectivity index (χ2n) is 7.14. The van der Waals surface area contributed by atoms with Crippen LogP contribution in [0.15, 0.2) is 42.7 Å². The van der Waals surface area contributed by atoms with Crippen LogP contribution in [0.3, 0.4) is 0 Å². The van der Waals surface area contributed by atoms with Gasteiger partial charge in [0.15, 0.2) is 0 Å². The molecule has 136 valence electrons. The van der Waals surface area contributed by atoms with Crippen LogP contribution in [0.5, 0.6) is 0 Å². The van der Waals surface area contributed by atoms with Gasteiger partial charge in [0.2, 0.25) is 0 Å². The largest absolute Gasteiger partial charge is 0.376 e. The van der Waals surface area contributed by atoms with E-state index in [0.717, 1.165) is 43.5 Å². The number of nitrogens with one attached hydrogen (secondary N) is 1. The van der Waals surface area contributed by atoms with E-state index in [9.17, 15) is 4.79 Å². The normalized spacial score (nSPS) is 18.5. The van der Waals surface area contributed by atoms with Crippen LogP contribution in [0, 0.1) is 0 Å². The first-order valence-electron chi connectivity index (χ1n) is 9.46. The molecule has 2 aromatic rings. The highest BCUT2D eigenvalue weighted by Gasteiger charge is 2.23. The third-order valence-electron chi connectivity index (χ3n) is 5.18. The number of carbonyl (C=O) groups is 1. The number of carbonyl (C=O) groups excluding carboxylic acids is 1. The Morgan fingerprint density at radius 1 is 1.23 bits per heavy atom. The molecule has 1 aliphatic heterocycles. The number of amides is 2. The molecule has 0 spiro atoms. The van der Waals surface area contributed by atoms with E-state index in [1.807, 2.05) is 29.3 Å². The van der Waals surface area contributed by atoms with Crippen molar-refractivity contribution in [2.24, 2.45) is 0 Å². The zero-order valence-electron chi connectivity index (χ0n) is 15.0. The lowest BCUT2D eigenvalue weighted by Gasteiger charge is -2.26. The van der Waals surface area contributed by atoms with Gasteiger partial charge in [0.1, 0.15) is 0 Å². The highest BCUT2D eigenvalue weighted by molar-refractivity contribution is 5.89. The van der Waals surface area contributed by atoms with Gasteiger partial charge in [-0.15, -0.1) is 0 Å². The number of urea groups is 1. The van der Waals surface area contributed by atoms with Gasteiger partial charge < -0.3 is 15.0 Å². The number of anilines is 1. The number of nitrogens with zero attached hydrogens (tertiary/aromatic N) is 2. The summed E-state index contributed by atoms with van der Waals surface area (Å²) in [6.07, 6.45) is 9.22. The van der Waals surface area contributed by atoms with Crippen molar-refractivity contribution in [2.75, 3.05) is 18.5 Å². The van der Waals surface area contributed by atoms with Gasteiger partial charge in [0.05, 0.1) is 6.10 Å². The fraction of sp³-hybridized carbons (Fsp3) is 0.429. The summed E-state index contributed by atoms with van der Waals surface area (Å²) in [5.74, 6) is 0. The van der Waals surface area contributed by atoms with Gasteiger partial charge in [-0.05, 0) is 67.0 Å². The van der Waals surface area contributed by atoms with Crippen LogP contribution in [0.2, 0.25) is 0 Å². The minimum atomic E-state index is -0.0812. The fourth-order valence-electron chi connectivity index (χ4n) is 3.82. The average molecular weight is 351 g/mol. The summed E-state index contributed by atoms with van der Waals surface area (Å²) in [4.78, 5) is 18.9. The first-order chi connectivity index (χ1) is 12.8. The molecule has 1 aromatic carbocycles. The Morgan fingerprint density at radius 3 is 2.96 bits per heavy atom. The first-order valence-corrected chi connectivity index (χ1v) is 9.46. The van der Waals surface area contributed by atoms with Crippen LogP contribution in [-0.4, -0.2) is 35.2 Å². The molecule has 1 unspecified atom stereocenters.